The number of carbonyl (C=O) groups is 2. The summed E-state index contributed by atoms with van der Waals surface area (Å²) in [7, 11) is 1.50. The highest BCUT2D eigenvalue weighted by Gasteiger charge is 2.47. The van der Waals surface area contributed by atoms with Crippen LogP contribution >= 0.6 is 0 Å². The second-order valence-corrected chi connectivity index (χ2v) is 8.80. The maximum atomic E-state index is 13.5. The molecule has 1 saturated heterocycles. The first-order valence-corrected chi connectivity index (χ1v) is 11.9. The molecular formula is C29H27NO6. The van der Waals surface area contributed by atoms with Crippen molar-refractivity contribution < 1.29 is 28.9 Å². The van der Waals surface area contributed by atoms with E-state index >= 15 is 0 Å². The van der Waals surface area contributed by atoms with Crippen LogP contribution in [-0.4, -0.2) is 37.1 Å². The van der Waals surface area contributed by atoms with Gasteiger partial charge in [-0.2, -0.15) is 0 Å². The van der Waals surface area contributed by atoms with Crippen LogP contribution in [0.15, 0.2) is 66.2 Å². The molecule has 3 aromatic rings. The molecule has 1 N–H and O–H groups in total. The molecule has 1 amide bonds. The molecule has 3 aromatic carbocycles. The minimum atomic E-state index is -0.844. The van der Waals surface area contributed by atoms with Crippen LogP contribution in [0.1, 0.15) is 35.2 Å². The normalized spacial score (nSPS) is 18.4. The zero-order valence-corrected chi connectivity index (χ0v) is 20.4. The van der Waals surface area contributed by atoms with E-state index in [0.29, 0.717) is 47.3 Å². The SMILES string of the molecule is CCc1ccc(C2/C(=C(\O)c3cc(C)ccc3OC)C(=O)C(=O)N2c2ccc3c(c2)OCCO3)cc1. The fourth-order valence-corrected chi connectivity index (χ4v) is 4.68. The van der Waals surface area contributed by atoms with Crippen LogP contribution in [0.25, 0.3) is 5.76 Å². The molecule has 5 rings (SSSR count). The number of amides is 1. The highest BCUT2D eigenvalue weighted by atomic mass is 16.6. The van der Waals surface area contributed by atoms with E-state index < -0.39 is 17.7 Å². The molecule has 2 aliphatic rings. The third-order valence-electron chi connectivity index (χ3n) is 6.56. The molecule has 1 unspecified atom stereocenters. The van der Waals surface area contributed by atoms with Crippen molar-refractivity contribution in [2.45, 2.75) is 26.3 Å². The number of carbonyl (C=O) groups excluding carboxylic acids is 2. The molecule has 36 heavy (non-hydrogen) atoms. The van der Waals surface area contributed by atoms with E-state index in [1.54, 1.807) is 30.3 Å². The summed E-state index contributed by atoms with van der Waals surface area (Å²) in [4.78, 5) is 28.4. The number of hydrogen-bond donors (Lipinski definition) is 1. The van der Waals surface area contributed by atoms with E-state index in [4.69, 9.17) is 14.2 Å². The number of anilines is 1. The largest absolute Gasteiger partial charge is 0.507 e. The summed E-state index contributed by atoms with van der Waals surface area (Å²) < 4.78 is 16.8. The molecule has 0 spiro atoms. The quantitative estimate of drug-likeness (QED) is 0.312. The van der Waals surface area contributed by atoms with Crippen molar-refractivity contribution in [2.75, 3.05) is 25.2 Å². The number of nitrogens with zero attached hydrogens (tertiary/aromatic N) is 1. The molecule has 0 aliphatic carbocycles. The maximum absolute atomic E-state index is 13.5. The lowest BCUT2D eigenvalue weighted by atomic mass is 9.93. The lowest BCUT2D eigenvalue weighted by Gasteiger charge is -2.27. The number of rotatable bonds is 5. The summed E-state index contributed by atoms with van der Waals surface area (Å²) in [5.74, 6) is -0.293. The van der Waals surface area contributed by atoms with Gasteiger partial charge in [0.1, 0.15) is 24.7 Å². The predicted molar refractivity (Wildman–Crippen MR) is 136 cm³/mol. The highest BCUT2D eigenvalue weighted by Crippen LogP contribution is 2.45. The van der Waals surface area contributed by atoms with E-state index in [1.165, 1.54) is 12.0 Å². The van der Waals surface area contributed by atoms with Gasteiger partial charge in [-0.15, -0.1) is 0 Å². The summed E-state index contributed by atoms with van der Waals surface area (Å²) in [6.45, 7) is 4.77. The van der Waals surface area contributed by atoms with Gasteiger partial charge in [0.15, 0.2) is 11.5 Å². The average Bonchev–Trinajstić information content (AvgIpc) is 3.18. The van der Waals surface area contributed by atoms with Gasteiger partial charge >= 0.3 is 0 Å². The molecular weight excluding hydrogens is 458 g/mol. The molecule has 0 bridgehead atoms. The van der Waals surface area contributed by atoms with Gasteiger partial charge in [0.25, 0.3) is 11.7 Å². The van der Waals surface area contributed by atoms with Gasteiger partial charge in [-0.25, -0.2) is 0 Å². The summed E-state index contributed by atoms with van der Waals surface area (Å²) >= 11 is 0. The Kier molecular flexibility index (Phi) is 6.14. The van der Waals surface area contributed by atoms with Crippen LogP contribution in [0, 0.1) is 6.92 Å². The first kappa shape index (κ1) is 23.5. The van der Waals surface area contributed by atoms with E-state index in [9.17, 15) is 14.7 Å². The van der Waals surface area contributed by atoms with Gasteiger partial charge in [-0.05, 0) is 48.7 Å². The molecule has 7 heteroatoms. The lowest BCUT2D eigenvalue weighted by Crippen LogP contribution is -2.29. The van der Waals surface area contributed by atoms with Gasteiger partial charge in [0, 0.05) is 11.8 Å². The Bertz CT molecular complexity index is 1380. The summed E-state index contributed by atoms with van der Waals surface area (Å²) in [6, 6.07) is 17.3. The first-order chi connectivity index (χ1) is 17.4. The maximum Gasteiger partial charge on any atom is 0.300 e. The fraction of sp³-hybridized carbons (Fsp3) is 0.241. The van der Waals surface area contributed by atoms with Crippen LogP contribution < -0.4 is 19.1 Å². The number of ketones is 1. The molecule has 7 nitrogen and oxygen atoms in total. The first-order valence-electron chi connectivity index (χ1n) is 11.9. The van der Waals surface area contributed by atoms with Crippen molar-refractivity contribution in [1.29, 1.82) is 0 Å². The van der Waals surface area contributed by atoms with Crippen LogP contribution in [0.4, 0.5) is 5.69 Å². The molecule has 184 valence electrons. The molecule has 1 atom stereocenters. The Morgan fingerprint density at radius 3 is 2.42 bits per heavy atom. The van der Waals surface area contributed by atoms with E-state index in [2.05, 4.69) is 6.92 Å². The molecule has 0 aromatic heterocycles. The fourth-order valence-electron chi connectivity index (χ4n) is 4.68. The number of hydrogen-bond acceptors (Lipinski definition) is 6. The Morgan fingerprint density at radius 1 is 1.00 bits per heavy atom. The Balaban J connectivity index is 1.72. The van der Waals surface area contributed by atoms with Crippen molar-refractivity contribution in [3.8, 4) is 17.2 Å². The van der Waals surface area contributed by atoms with Crippen molar-refractivity contribution in [3.05, 3.63) is 88.5 Å². The summed E-state index contributed by atoms with van der Waals surface area (Å²) in [5.41, 5.74) is 3.53. The van der Waals surface area contributed by atoms with Crippen LogP contribution in [0.2, 0.25) is 0 Å². The average molecular weight is 486 g/mol. The van der Waals surface area contributed by atoms with Crippen LogP contribution in [0.5, 0.6) is 17.2 Å². The molecule has 1 fully saturated rings. The molecule has 0 saturated carbocycles. The number of Topliss-reactive ketones (excluding diaryl/α,β-unsaturated/α-hetero) is 1. The van der Waals surface area contributed by atoms with Gasteiger partial charge in [-0.3, -0.25) is 14.5 Å². The van der Waals surface area contributed by atoms with E-state index in [0.717, 1.165) is 17.5 Å². The number of ether oxygens (including phenoxy) is 3. The van der Waals surface area contributed by atoms with Gasteiger partial charge in [0.05, 0.1) is 24.3 Å². The molecule has 2 aliphatic heterocycles. The minimum Gasteiger partial charge on any atom is -0.507 e. The number of methoxy groups -OCH3 is 1. The second-order valence-electron chi connectivity index (χ2n) is 8.80. The third kappa shape index (κ3) is 3.96. The third-order valence-corrected chi connectivity index (χ3v) is 6.56. The van der Waals surface area contributed by atoms with Crippen molar-refractivity contribution >= 4 is 23.1 Å². The number of benzene rings is 3. The van der Waals surface area contributed by atoms with Crippen molar-refractivity contribution in [2.24, 2.45) is 0 Å². The van der Waals surface area contributed by atoms with E-state index in [1.807, 2.05) is 37.3 Å². The Hall–Kier alpha value is -4.26. The Morgan fingerprint density at radius 2 is 1.72 bits per heavy atom. The zero-order chi connectivity index (χ0) is 25.4. The van der Waals surface area contributed by atoms with Crippen LogP contribution in [0.3, 0.4) is 0 Å². The van der Waals surface area contributed by atoms with Gasteiger partial charge < -0.3 is 19.3 Å². The Labute approximate surface area is 209 Å². The molecule has 2 heterocycles. The monoisotopic (exact) mass is 485 g/mol. The van der Waals surface area contributed by atoms with Crippen LogP contribution in [-0.2, 0) is 16.0 Å². The topological polar surface area (TPSA) is 85.3 Å². The number of aliphatic hydroxyl groups excluding tert-OH is 1. The number of aliphatic hydroxyl groups is 1. The van der Waals surface area contributed by atoms with E-state index in [-0.39, 0.29) is 11.3 Å². The molecule has 0 radical (unpaired) electrons. The summed E-state index contributed by atoms with van der Waals surface area (Å²) in [6.07, 6.45) is 0.850. The smallest absolute Gasteiger partial charge is 0.300 e. The minimum absolute atomic E-state index is 0.00281. The van der Waals surface area contributed by atoms with Crippen molar-refractivity contribution in [1.82, 2.24) is 0 Å². The number of aryl methyl sites for hydroxylation is 2. The second kappa shape index (κ2) is 9.41. The van der Waals surface area contributed by atoms with Crippen molar-refractivity contribution in [3.63, 3.8) is 0 Å². The van der Waals surface area contributed by atoms with Gasteiger partial charge in [-0.1, -0.05) is 42.8 Å². The highest BCUT2D eigenvalue weighted by molar-refractivity contribution is 6.51. The summed E-state index contributed by atoms with van der Waals surface area (Å²) in [5, 5.41) is 11.5. The predicted octanol–water partition coefficient (Wildman–Crippen LogP) is 4.96. The number of fused-ring (bicyclic) bond motifs is 1. The lowest BCUT2D eigenvalue weighted by molar-refractivity contribution is -0.132. The van der Waals surface area contributed by atoms with Gasteiger partial charge in [0.2, 0.25) is 0 Å². The zero-order valence-electron chi connectivity index (χ0n) is 20.4. The standard InChI is InChI=1S/C29H27NO6/c1-4-18-6-8-19(9-7-18)26-25(27(31)21-15-17(2)5-11-22(21)34-3)28(32)29(33)30(26)20-10-12-23-24(16-20)36-14-13-35-23/h5-12,15-16,26,31H,4,13-14H2,1-3H3/b27-25+.